The predicted molar refractivity (Wildman–Crippen MR) is 96.5 cm³/mol. The van der Waals surface area contributed by atoms with Gasteiger partial charge in [0.1, 0.15) is 5.82 Å². The van der Waals surface area contributed by atoms with Crippen molar-refractivity contribution < 1.29 is 0 Å². The molecule has 0 saturated carbocycles. The van der Waals surface area contributed by atoms with E-state index in [1.807, 2.05) is 42.8 Å². The highest BCUT2D eigenvalue weighted by Crippen LogP contribution is 2.22. The molecular formula is C16H22N8. The summed E-state index contributed by atoms with van der Waals surface area (Å²) >= 11 is 0. The fourth-order valence-corrected chi connectivity index (χ4v) is 2.48. The number of aryl methyl sites for hydroxylation is 1. The van der Waals surface area contributed by atoms with Crippen molar-refractivity contribution in [2.75, 3.05) is 23.3 Å². The molecule has 2 heterocycles. The van der Waals surface area contributed by atoms with Gasteiger partial charge in [0, 0.05) is 31.7 Å². The SMILES string of the molecule is CC(N)CNc1nc(N)c2nc(Cc3ccccc3N)n(C)c2n1. The molecule has 0 aliphatic heterocycles. The van der Waals surface area contributed by atoms with E-state index in [1.165, 1.54) is 0 Å². The minimum atomic E-state index is -0.00586. The van der Waals surface area contributed by atoms with Gasteiger partial charge in [0.15, 0.2) is 17.0 Å². The minimum Gasteiger partial charge on any atom is -0.398 e. The molecule has 8 heteroatoms. The van der Waals surface area contributed by atoms with E-state index in [-0.39, 0.29) is 6.04 Å². The largest absolute Gasteiger partial charge is 0.398 e. The van der Waals surface area contributed by atoms with Gasteiger partial charge in [-0.3, -0.25) is 0 Å². The number of rotatable bonds is 5. The molecule has 0 aliphatic rings. The lowest BCUT2D eigenvalue weighted by atomic mass is 10.1. The fourth-order valence-electron chi connectivity index (χ4n) is 2.48. The van der Waals surface area contributed by atoms with Crippen molar-refractivity contribution in [2.45, 2.75) is 19.4 Å². The zero-order chi connectivity index (χ0) is 17.3. The molecule has 0 amide bonds. The van der Waals surface area contributed by atoms with Crippen molar-refractivity contribution in [3.63, 3.8) is 0 Å². The van der Waals surface area contributed by atoms with Crippen molar-refractivity contribution in [3.05, 3.63) is 35.7 Å². The molecule has 3 aromatic rings. The van der Waals surface area contributed by atoms with Crippen LogP contribution >= 0.6 is 0 Å². The summed E-state index contributed by atoms with van der Waals surface area (Å²) in [4.78, 5) is 13.3. The second-order valence-corrected chi connectivity index (χ2v) is 5.93. The highest BCUT2D eigenvalue weighted by molar-refractivity contribution is 5.83. The van der Waals surface area contributed by atoms with Crippen molar-refractivity contribution in [3.8, 4) is 0 Å². The van der Waals surface area contributed by atoms with Gasteiger partial charge in [-0.05, 0) is 18.6 Å². The first-order valence-corrected chi connectivity index (χ1v) is 7.77. The quantitative estimate of drug-likeness (QED) is 0.511. The molecule has 24 heavy (non-hydrogen) atoms. The number of aromatic nitrogens is 4. The monoisotopic (exact) mass is 326 g/mol. The van der Waals surface area contributed by atoms with Crippen LogP contribution in [0.5, 0.6) is 0 Å². The van der Waals surface area contributed by atoms with Gasteiger partial charge in [0.05, 0.1) is 0 Å². The Hall–Kier alpha value is -2.87. The van der Waals surface area contributed by atoms with Crippen molar-refractivity contribution in [1.82, 2.24) is 19.5 Å². The van der Waals surface area contributed by atoms with Gasteiger partial charge in [-0.15, -0.1) is 0 Å². The molecule has 7 N–H and O–H groups in total. The lowest BCUT2D eigenvalue weighted by Crippen LogP contribution is -2.26. The Bertz CT molecular complexity index is 868. The average molecular weight is 326 g/mol. The van der Waals surface area contributed by atoms with E-state index in [2.05, 4.69) is 20.3 Å². The molecule has 1 unspecified atom stereocenters. The number of hydrogen-bond acceptors (Lipinski definition) is 7. The first-order valence-electron chi connectivity index (χ1n) is 7.77. The van der Waals surface area contributed by atoms with Crippen LogP contribution in [-0.2, 0) is 13.5 Å². The summed E-state index contributed by atoms with van der Waals surface area (Å²) in [7, 11) is 1.91. The third-order valence-corrected chi connectivity index (χ3v) is 3.82. The van der Waals surface area contributed by atoms with Gasteiger partial charge >= 0.3 is 0 Å². The number of imidazole rings is 1. The molecule has 0 saturated heterocycles. The molecule has 0 aliphatic carbocycles. The van der Waals surface area contributed by atoms with Crippen LogP contribution in [0.25, 0.3) is 11.2 Å². The van der Waals surface area contributed by atoms with Crippen LogP contribution in [0.3, 0.4) is 0 Å². The first-order chi connectivity index (χ1) is 11.5. The Morgan fingerprint density at radius 1 is 1.17 bits per heavy atom. The van der Waals surface area contributed by atoms with Crippen LogP contribution in [-0.4, -0.2) is 32.1 Å². The third-order valence-electron chi connectivity index (χ3n) is 3.82. The molecule has 0 fully saturated rings. The molecule has 1 aromatic carbocycles. The van der Waals surface area contributed by atoms with Crippen molar-refractivity contribution >= 4 is 28.6 Å². The number of nitrogens with one attached hydrogen (secondary N) is 1. The zero-order valence-corrected chi connectivity index (χ0v) is 13.8. The molecule has 2 aromatic heterocycles. The number of hydrogen-bond donors (Lipinski definition) is 4. The van der Waals surface area contributed by atoms with E-state index >= 15 is 0 Å². The van der Waals surface area contributed by atoms with E-state index < -0.39 is 0 Å². The summed E-state index contributed by atoms with van der Waals surface area (Å²) in [6, 6.07) is 7.72. The topological polar surface area (TPSA) is 134 Å². The van der Waals surface area contributed by atoms with E-state index in [4.69, 9.17) is 17.2 Å². The maximum absolute atomic E-state index is 6.05. The van der Waals surface area contributed by atoms with Gasteiger partial charge < -0.3 is 27.1 Å². The summed E-state index contributed by atoms with van der Waals surface area (Å²) in [5.74, 6) is 1.62. The Morgan fingerprint density at radius 2 is 1.92 bits per heavy atom. The smallest absolute Gasteiger partial charge is 0.226 e. The number of fused-ring (bicyclic) bond motifs is 1. The van der Waals surface area contributed by atoms with E-state index in [9.17, 15) is 0 Å². The summed E-state index contributed by atoms with van der Waals surface area (Å²) in [5.41, 5.74) is 20.8. The fraction of sp³-hybridized carbons (Fsp3) is 0.312. The molecule has 0 spiro atoms. The molecule has 126 valence electrons. The maximum atomic E-state index is 6.05. The lowest BCUT2D eigenvalue weighted by Gasteiger charge is -2.08. The number of nitrogens with two attached hydrogens (primary N) is 3. The molecule has 1 atom stereocenters. The summed E-state index contributed by atoms with van der Waals surface area (Å²) in [6.45, 7) is 2.47. The average Bonchev–Trinajstić information content (AvgIpc) is 2.85. The standard InChI is InChI=1S/C16H22N8/c1-9(17)8-20-16-22-14(19)13-15(23-16)24(2)12(21-13)7-10-5-3-4-6-11(10)18/h3-6,9H,7-8,17-18H2,1-2H3,(H3,19,20,22,23). The van der Waals surface area contributed by atoms with E-state index in [0.29, 0.717) is 35.9 Å². The number of nitrogens with zero attached hydrogens (tertiary/aromatic N) is 4. The highest BCUT2D eigenvalue weighted by Gasteiger charge is 2.15. The number of nitrogen functional groups attached to an aromatic ring is 2. The third kappa shape index (κ3) is 3.09. The normalized spacial score (nSPS) is 12.5. The second-order valence-electron chi connectivity index (χ2n) is 5.93. The highest BCUT2D eigenvalue weighted by atomic mass is 15.2. The van der Waals surface area contributed by atoms with Gasteiger partial charge in [-0.1, -0.05) is 18.2 Å². The van der Waals surface area contributed by atoms with Gasteiger partial charge in [-0.25, -0.2) is 4.98 Å². The maximum Gasteiger partial charge on any atom is 0.226 e. The first kappa shape index (κ1) is 16.0. The Morgan fingerprint density at radius 3 is 2.62 bits per heavy atom. The van der Waals surface area contributed by atoms with Crippen LogP contribution in [0.2, 0.25) is 0 Å². The van der Waals surface area contributed by atoms with E-state index in [0.717, 1.165) is 17.1 Å². The number of para-hydroxylation sites is 1. The molecule has 0 radical (unpaired) electrons. The Balaban J connectivity index is 1.98. The van der Waals surface area contributed by atoms with Crippen LogP contribution in [0, 0.1) is 0 Å². The molecule has 8 nitrogen and oxygen atoms in total. The summed E-state index contributed by atoms with van der Waals surface area (Å²) in [6.07, 6.45) is 0.599. The Labute approximate surface area is 140 Å². The van der Waals surface area contributed by atoms with Crippen LogP contribution in [0.4, 0.5) is 17.5 Å². The Kier molecular flexibility index (Phi) is 4.22. The van der Waals surface area contributed by atoms with Crippen LogP contribution in [0.15, 0.2) is 24.3 Å². The van der Waals surface area contributed by atoms with Crippen LogP contribution in [0.1, 0.15) is 18.3 Å². The number of anilines is 3. The van der Waals surface area contributed by atoms with E-state index in [1.54, 1.807) is 0 Å². The van der Waals surface area contributed by atoms with Crippen LogP contribution < -0.4 is 22.5 Å². The van der Waals surface area contributed by atoms with Crippen molar-refractivity contribution in [1.29, 1.82) is 0 Å². The summed E-state index contributed by atoms with van der Waals surface area (Å²) in [5, 5.41) is 3.08. The summed E-state index contributed by atoms with van der Waals surface area (Å²) < 4.78 is 1.91. The molecule has 0 bridgehead atoms. The molecular weight excluding hydrogens is 304 g/mol. The number of benzene rings is 1. The predicted octanol–water partition coefficient (Wildman–Crippen LogP) is 0.878. The lowest BCUT2D eigenvalue weighted by molar-refractivity contribution is 0.773. The minimum absolute atomic E-state index is 0.00586. The molecule has 3 rings (SSSR count). The zero-order valence-electron chi connectivity index (χ0n) is 13.8. The van der Waals surface area contributed by atoms with Gasteiger partial charge in [-0.2, -0.15) is 9.97 Å². The second kappa shape index (κ2) is 6.32. The van der Waals surface area contributed by atoms with Gasteiger partial charge in [0.2, 0.25) is 5.95 Å². The van der Waals surface area contributed by atoms with Gasteiger partial charge in [0.25, 0.3) is 0 Å². The van der Waals surface area contributed by atoms with Crippen molar-refractivity contribution in [2.24, 2.45) is 12.8 Å².